The largest absolute Gasteiger partial charge is 0.392 e. The summed E-state index contributed by atoms with van der Waals surface area (Å²) in [6, 6.07) is 0. The highest BCUT2D eigenvalue weighted by atomic mass is 16.4. The number of ketones is 3. The molecule has 212 valence electrons. The predicted octanol–water partition coefficient (Wildman–Crippen LogP) is 7.82. The van der Waals surface area contributed by atoms with Crippen molar-refractivity contribution in [1.29, 1.82) is 0 Å². The van der Waals surface area contributed by atoms with E-state index in [1.807, 2.05) is 0 Å². The van der Waals surface area contributed by atoms with Gasteiger partial charge in [0.25, 0.3) is 0 Å². The zero-order valence-corrected chi connectivity index (χ0v) is 23.8. The SMILES string of the molecule is CCCCCCCCCCCCCC(=O)C(=O)C(O)(CO)C(=O)CCCCCCCCCCCCC. The second-order valence-corrected chi connectivity index (χ2v) is 10.8. The van der Waals surface area contributed by atoms with Gasteiger partial charge >= 0.3 is 0 Å². The minimum absolute atomic E-state index is 0.0194. The zero-order chi connectivity index (χ0) is 26.9. The quantitative estimate of drug-likeness (QED) is 0.0636. The molecule has 1 unspecified atom stereocenters. The Morgan fingerprint density at radius 2 is 0.806 bits per heavy atom. The van der Waals surface area contributed by atoms with Crippen LogP contribution in [0.15, 0.2) is 0 Å². The molecule has 0 aromatic heterocycles. The summed E-state index contributed by atoms with van der Waals surface area (Å²) in [5.74, 6) is -2.60. The van der Waals surface area contributed by atoms with E-state index in [4.69, 9.17) is 0 Å². The molecule has 0 aromatic rings. The Labute approximate surface area is 222 Å². The summed E-state index contributed by atoms with van der Waals surface area (Å²) in [5, 5.41) is 20.1. The molecule has 0 saturated heterocycles. The van der Waals surface area contributed by atoms with Crippen molar-refractivity contribution in [3.63, 3.8) is 0 Å². The lowest BCUT2D eigenvalue weighted by molar-refractivity contribution is -0.160. The van der Waals surface area contributed by atoms with Crippen molar-refractivity contribution in [2.24, 2.45) is 0 Å². The van der Waals surface area contributed by atoms with E-state index in [-0.39, 0.29) is 12.8 Å². The standard InChI is InChI=1S/C31H58O5/c1-3-5-7-9-11-13-15-17-19-21-23-25-28(33)30(35)31(36,27-32)29(34)26-24-22-20-18-16-14-12-10-8-6-4-2/h32,36H,3-27H2,1-2H3. The van der Waals surface area contributed by atoms with Crippen molar-refractivity contribution in [3.8, 4) is 0 Å². The highest BCUT2D eigenvalue weighted by Crippen LogP contribution is 2.18. The molecule has 2 N–H and O–H groups in total. The van der Waals surface area contributed by atoms with Gasteiger partial charge in [-0.2, -0.15) is 0 Å². The molecule has 0 aliphatic carbocycles. The van der Waals surface area contributed by atoms with Crippen LogP contribution < -0.4 is 0 Å². The van der Waals surface area contributed by atoms with Gasteiger partial charge in [-0.25, -0.2) is 0 Å². The molecule has 0 spiro atoms. The van der Waals surface area contributed by atoms with Crippen LogP contribution in [0.3, 0.4) is 0 Å². The number of hydrogen-bond acceptors (Lipinski definition) is 5. The third-order valence-electron chi connectivity index (χ3n) is 7.33. The number of carbonyl (C=O) groups excluding carboxylic acids is 3. The van der Waals surface area contributed by atoms with Gasteiger partial charge in [-0.05, 0) is 12.8 Å². The Kier molecular flexibility index (Phi) is 23.6. The van der Waals surface area contributed by atoms with Gasteiger partial charge in [-0.15, -0.1) is 0 Å². The summed E-state index contributed by atoms with van der Waals surface area (Å²) in [4.78, 5) is 37.3. The molecule has 0 bridgehead atoms. The molecule has 0 amide bonds. The molecular weight excluding hydrogens is 452 g/mol. The van der Waals surface area contributed by atoms with E-state index in [0.29, 0.717) is 12.8 Å². The van der Waals surface area contributed by atoms with E-state index >= 15 is 0 Å². The Bertz CT molecular complexity index is 559. The van der Waals surface area contributed by atoms with E-state index in [9.17, 15) is 24.6 Å². The van der Waals surface area contributed by atoms with Gasteiger partial charge in [-0.1, -0.05) is 142 Å². The highest BCUT2D eigenvalue weighted by molar-refractivity contribution is 6.44. The Balaban J connectivity index is 3.96. The molecule has 0 aliphatic heterocycles. The topological polar surface area (TPSA) is 91.7 Å². The van der Waals surface area contributed by atoms with Crippen molar-refractivity contribution < 1.29 is 24.6 Å². The highest BCUT2D eigenvalue weighted by Gasteiger charge is 2.45. The molecule has 1 atom stereocenters. The molecule has 5 nitrogen and oxygen atoms in total. The van der Waals surface area contributed by atoms with Crippen molar-refractivity contribution in [2.75, 3.05) is 6.61 Å². The van der Waals surface area contributed by atoms with Gasteiger partial charge in [-0.3, -0.25) is 14.4 Å². The number of aliphatic hydroxyl groups is 2. The molecule has 0 fully saturated rings. The molecule has 0 radical (unpaired) electrons. The van der Waals surface area contributed by atoms with Gasteiger partial charge in [0.1, 0.15) is 0 Å². The number of unbranched alkanes of at least 4 members (excludes halogenated alkanes) is 20. The normalized spacial score (nSPS) is 13.0. The first-order valence-corrected chi connectivity index (χ1v) is 15.4. The second kappa shape index (κ2) is 24.3. The van der Waals surface area contributed by atoms with Gasteiger partial charge in [0.2, 0.25) is 17.2 Å². The first-order chi connectivity index (χ1) is 17.4. The third-order valence-corrected chi connectivity index (χ3v) is 7.33. The summed E-state index contributed by atoms with van der Waals surface area (Å²) < 4.78 is 0. The summed E-state index contributed by atoms with van der Waals surface area (Å²) >= 11 is 0. The van der Waals surface area contributed by atoms with Gasteiger partial charge in [0.15, 0.2) is 5.78 Å². The maximum absolute atomic E-state index is 12.5. The van der Waals surface area contributed by atoms with Crippen LogP contribution in [0.5, 0.6) is 0 Å². The maximum atomic E-state index is 12.5. The Morgan fingerprint density at radius 3 is 1.14 bits per heavy atom. The average molecular weight is 511 g/mol. The molecule has 0 aromatic carbocycles. The van der Waals surface area contributed by atoms with Gasteiger partial charge in [0.05, 0.1) is 6.61 Å². The monoisotopic (exact) mass is 510 g/mol. The van der Waals surface area contributed by atoms with Crippen LogP contribution in [0, 0.1) is 0 Å². The molecule has 5 heteroatoms. The summed E-state index contributed by atoms with van der Waals surface area (Å²) in [7, 11) is 0. The predicted molar refractivity (Wildman–Crippen MR) is 149 cm³/mol. The summed E-state index contributed by atoms with van der Waals surface area (Å²) in [6.45, 7) is 3.42. The molecule has 0 saturated carbocycles. The van der Waals surface area contributed by atoms with Crippen LogP contribution in [0.25, 0.3) is 0 Å². The fourth-order valence-corrected chi connectivity index (χ4v) is 4.74. The number of hydrogen-bond donors (Lipinski definition) is 2. The van der Waals surface area contributed by atoms with Crippen molar-refractivity contribution in [2.45, 2.75) is 174 Å². The van der Waals surface area contributed by atoms with Crippen molar-refractivity contribution in [3.05, 3.63) is 0 Å². The summed E-state index contributed by atoms with van der Waals surface area (Å²) in [5.41, 5.74) is -2.56. The Hall–Kier alpha value is -1.07. The minimum Gasteiger partial charge on any atom is -0.392 e. The van der Waals surface area contributed by atoms with Crippen LogP contribution in [-0.4, -0.2) is 39.8 Å². The summed E-state index contributed by atoms with van der Waals surface area (Å²) in [6.07, 6.45) is 25.2. The lowest BCUT2D eigenvalue weighted by Crippen LogP contribution is -2.52. The number of Topliss-reactive ketones (excluding diaryl/α,β-unsaturated/α-hetero) is 3. The second-order valence-electron chi connectivity index (χ2n) is 10.8. The fourth-order valence-electron chi connectivity index (χ4n) is 4.74. The van der Waals surface area contributed by atoms with E-state index in [1.54, 1.807) is 0 Å². The molecular formula is C31H58O5. The first-order valence-electron chi connectivity index (χ1n) is 15.4. The van der Waals surface area contributed by atoms with Crippen LogP contribution in [0.1, 0.15) is 168 Å². The number of aliphatic hydroxyl groups excluding tert-OH is 1. The minimum atomic E-state index is -2.56. The van der Waals surface area contributed by atoms with Crippen LogP contribution in [0.2, 0.25) is 0 Å². The first kappa shape index (κ1) is 34.9. The lowest BCUT2D eigenvalue weighted by Gasteiger charge is -2.22. The zero-order valence-electron chi connectivity index (χ0n) is 23.8. The van der Waals surface area contributed by atoms with E-state index in [2.05, 4.69) is 13.8 Å². The number of rotatable bonds is 28. The van der Waals surface area contributed by atoms with E-state index < -0.39 is 29.6 Å². The maximum Gasteiger partial charge on any atom is 0.239 e. The van der Waals surface area contributed by atoms with Crippen molar-refractivity contribution in [1.82, 2.24) is 0 Å². The van der Waals surface area contributed by atoms with Crippen LogP contribution in [0.4, 0.5) is 0 Å². The molecule has 0 heterocycles. The smallest absolute Gasteiger partial charge is 0.239 e. The van der Waals surface area contributed by atoms with E-state index in [0.717, 1.165) is 38.5 Å². The number of carbonyl (C=O) groups is 3. The molecule has 0 aliphatic rings. The Morgan fingerprint density at radius 1 is 0.500 bits per heavy atom. The molecule has 36 heavy (non-hydrogen) atoms. The third kappa shape index (κ3) is 17.4. The molecule has 0 rings (SSSR count). The fraction of sp³-hybridized carbons (Fsp3) is 0.903. The average Bonchev–Trinajstić information content (AvgIpc) is 2.89. The van der Waals surface area contributed by atoms with Crippen LogP contribution in [-0.2, 0) is 14.4 Å². The van der Waals surface area contributed by atoms with Gasteiger partial charge < -0.3 is 10.2 Å². The van der Waals surface area contributed by atoms with E-state index in [1.165, 1.54) is 89.9 Å². The van der Waals surface area contributed by atoms with Crippen LogP contribution >= 0.6 is 0 Å². The van der Waals surface area contributed by atoms with Gasteiger partial charge in [0, 0.05) is 12.8 Å². The van der Waals surface area contributed by atoms with Crippen molar-refractivity contribution >= 4 is 17.3 Å². The lowest BCUT2D eigenvalue weighted by atomic mass is 9.87.